The number of aliphatic carboxylic acids is 1. The smallest absolute Gasteiger partial charge is 0.410 e. The summed E-state index contributed by atoms with van der Waals surface area (Å²) in [5.41, 5.74) is -0.272. The summed E-state index contributed by atoms with van der Waals surface area (Å²) >= 11 is 0. The molecule has 0 aromatic rings. The summed E-state index contributed by atoms with van der Waals surface area (Å²) in [5.74, 6) is -0.0549. The standard InChI is InChI=1S/C27H40N2O4/c1-26(2,3)33-25(32)29-15-6-8-21(19-29)22(24(30)31)11-16-28-17-13-27(14-18-28)12-10-20-7-4-5-9-23(20)27/h4-5,7,9-10,12,20-23H,6,8,11,13-19H2,1-3H3,(H,30,31). The third-order valence-corrected chi connectivity index (χ3v) is 8.03. The van der Waals surface area contributed by atoms with Crippen molar-refractivity contribution in [3.8, 4) is 0 Å². The number of fused-ring (bicyclic) bond motifs is 2. The van der Waals surface area contributed by atoms with Gasteiger partial charge in [-0.3, -0.25) is 4.79 Å². The molecule has 4 unspecified atom stereocenters. The van der Waals surface area contributed by atoms with E-state index in [9.17, 15) is 14.7 Å². The van der Waals surface area contributed by atoms with Gasteiger partial charge in [-0.25, -0.2) is 4.79 Å². The van der Waals surface area contributed by atoms with E-state index >= 15 is 0 Å². The maximum Gasteiger partial charge on any atom is 0.410 e. The molecule has 6 nitrogen and oxygen atoms in total. The second-order valence-electron chi connectivity index (χ2n) is 11.4. The number of nitrogens with zero attached hydrogens (tertiary/aromatic N) is 2. The first kappa shape index (κ1) is 24.1. The molecule has 6 heteroatoms. The largest absolute Gasteiger partial charge is 0.481 e. The molecule has 0 bridgehead atoms. The highest BCUT2D eigenvalue weighted by molar-refractivity contribution is 5.71. The number of likely N-dealkylation sites (tertiary alicyclic amines) is 2. The minimum absolute atomic E-state index is 0.0161. The van der Waals surface area contributed by atoms with Crippen molar-refractivity contribution in [2.75, 3.05) is 32.7 Å². The molecule has 33 heavy (non-hydrogen) atoms. The van der Waals surface area contributed by atoms with Crippen molar-refractivity contribution < 1.29 is 19.4 Å². The van der Waals surface area contributed by atoms with Gasteiger partial charge in [0, 0.05) is 19.0 Å². The number of carbonyl (C=O) groups is 2. The minimum atomic E-state index is -0.736. The second-order valence-corrected chi connectivity index (χ2v) is 11.4. The average Bonchev–Trinajstić information content (AvgIpc) is 3.12. The Morgan fingerprint density at radius 2 is 1.85 bits per heavy atom. The molecule has 182 valence electrons. The third-order valence-electron chi connectivity index (χ3n) is 8.03. The van der Waals surface area contributed by atoms with Crippen molar-refractivity contribution in [2.45, 2.75) is 58.5 Å². The Morgan fingerprint density at radius 1 is 1.12 bits per heavy atom. The molecule has 0 radical (unpaired) electrons. The van der Waals surface area contributed by atoms with Crippen LogP contribution < -0.4 is 0 Å². The first-order valence-electron chi connectivity index (χ1n) is 12.6. The molecule has 2 aliphatic heterocycles. The van der Waals surface area contributed by atoms with Crippen molar-refractivity contribution in [2.24, 2.45) is 29.1 Å². The fourth-order valence-electron chi connectivity index (χ4n) is 6.20. The monoisotopic (exact) mass is 456 g/mol. The fourth-order valence-corrected chi connectivity index (χ4v) is 6.20. The van der Waals surface area contributed by atoms with E-state index in [0.29, 0.717) is 31.3 Å². The summed E-state index contributed by atoms with van der Waals surface area (Å²) in [6, 6.07) is 0. The number of amides is 1. The fraction of sp³-hybridized carbons (Fsp3) is 0.704. The number of hydrogen-bond donors (Lipinski definition) is 1. The van der Waals surface area contributed by atoms with Gasteiger partial charge in [0.25, 0.3) is 0 Å². The number of piperidine rings is 2. The number of rotatable bonds is 5. The highest BCUT2D eigenvalue weighted by atomic mass is 16.6. The van der Waals surface area contributed by atoms with Crippen LogP contribution in [0.5, 0.6) is 0 Å². The Labute approximate surface area is 198 Å². The van der Waals surface area contributed by atoms with E-state index in [1.165, 1.54) is 0 Å². The van der Waals surface area contributed by atoms with Crippen molar-refractivity contribution in [3.05, 3.63) is 36.5 Å². The third kappa shape index (κ3) is 5.53. The van der Waals surface area contributed by atoms with E-state index in [2.05, 4.69) is 41.4 Å². The molecule has 0 aromatic heterocycles. The lowest BCUT2D eigenvalue weighted by molar-refractivity contribution is -0.145. The molecule has 4 rings (SSSR count). The van der Waals surface area contributed by atoms with Gasteiger partial charge in [-0.2, -0.15) is 0 Å². The predicted octanol–water partition coefficient (Wildman–Crippen LogP) is 4.73. The zero-order valence-corrected chi connectivity index (χ0v) is 20.4. The highest BCUT2D eigenvalue weighted by Gasteiger charge is 2.44. The molecule has 2 aliphatic carbocycles. The van der Waals surface area contributed by atoms with Crippen molar-refractivity contribution >= 4 is 12.1 Å². The maximum absolute atomic E-state index is 12.5. The van der Waals surface area contributed by atoms with Crippen LogP contribution in [-0.4, -0.2) is 65.3 Å². The van der Waals surface area contributed by atoms with Crippen molar-refractivity contribution in [1.82, 2.24) is 9.80 Å². The Hall–Kier alpha value is -2.08. The summed E-state index contributed by atoms with van der Waals surface area (Å²) in [5, 5.41) is 9.99. The normalized spacial score (nSPS) is 29.8. The van der Waals surface area contributed by atoms with Crippen LogP contribution in [0.15, 0.2) is 36.5 Å². The summed E-state index contributed by atoms with van der Waals surface area (Å²) in [7, 11) is 0. The minimum Gasteiger partial charge on any atom is -0.481 e. The summed E-state index contributed by atoms with van der Waals surface area (Å²) in [4.78, 5) is 28.8. The lowest BCUT2D eigenvalue weighted by Crippen LogP contribution is -2.46. The zero-order chi connectivity index (χ0) is 23.6. The molecule has 2 fully saturated rings. The summed E-state index contributed by atoms with van der Waals surface area (Å²) in [6.07, 6.45) is 18.1. The van der Waals surface area contributed by atoms with Gasteiger partial charge in [0.2, 0.25) is 0 Å². The van der Waals surface area contributed by atoms with Crippen LogP contribution in [-0.2, 0) is 9.53 Å². The molecule has 2 heterocycles. The van der Waals surface area contributed by atoms with E-state index in [0.717, 1.165) is 45.3 Å². The van der Waals surface area contributed by atoms with E-state index in [1.54, 1.807) is 4.90 Å². The topological polar surface area (TPSA) is 70.1 Å². The first-order chi connectivity index (χ1) is 15.7. The van der Waals surface area contributed by atoms with Crippen LogP contribution in [0.25, 0.3) is 0 Å². The van der Waals surface area contributed by atoms with Crippen molar-refractivity contribution in [3.63, 3.8) is 0 Å². The lowest BCUT2D eigenvalue weighted by Gasteiger charge is -2.43. The van der Waals surface area contributed by atoms with E-state index in [1.807, 2.05) is 20.8 Å². The van der Waals surface area contributed by atoms with Crippen LogP contribution >= 0.6 is 0 Å². The molecule has 2 saturated heterocycles. The Bertz CT molecular complexity index is 816. The SMILES string of the molecule is CC(C)(C)OC(=O)N1CCCC(C(CCN2CCC3(C=CC4C=CC=CC43)CC2)C(=O)O)C1. The molecule has 0 saturated carbocycles. The van der Waals surface area contributed by atoms with Crippen LogP contribution in [0.3, 0.4) is 0 Å². The van der Waals surface area contributed by atoms with Gasteiger partial charge in [0.1, 0.15) is 5.60 Å². The molecule has 1 amide bonds. The van der Waals surface area contributed by atoms with E-state index in [4.69, 9.17) is 4.74 Å². The van der Waals surface area contributed by atoms with Gasteiger partial charge in [-0.1, -0.05) is 36.5 Å². The van der Waals surface area contributed by atoms with Crippen molar-refractivity contribution in [1.29, 1.82) is 0 Å². The van der Waals surface area contributed by atoms with E-state index in [-0.39, 0.29) is 17.4 Å². The van der Waals surface area contributed by atoms with Crippen LogP contribution in [0.2, 0.25) is 0 Å². The number of hydrogen-bond acceptors (Lipinski definition) is 4. The number of ether oxygens (including phenoxy) is 1. The quantitative estimate of drug-likeness (QED) is 0.606. The number of carboxylic acids is 1. The molecular formula is C27H40N2O4. The van der Waals surface area contributed by atoms with Crippen LogP contribution in [0.1, 0.15) is 52.9 Å². The van der Waals surface area contributed by atoms with Crippen LogP contribution in [0, 0.1) is 29.1 Å². The average molecular weight is 457 g/mol. The number of carboxylic acid groups (broad SMARTS) is 1. The van der Waals surface area contributed by atoms with Gasteiger partial charge in [0.15, 0.2) is 0 Å². The number of allylic oxidation sites excluding steroid dienone is 6. The molecule has 1 N–H and O–H groups in total. The first-order valence-corrected chi connectivity index (χ1v) is 12.6. The van der Waals surface area contributed by atoms with Gasteiger partial charge >= 0.3 is 12.1 Å². The predicted molar refractivity (Wildman–Crippen MR) is 129 cm³/mol. The Morgan fingerprint density at radius 3 is 2.55 bits per heavy atom. The zero-order valence-electron chi connectivity index (χ0n) is 20.4. The Balaban J connectivity index is 1.29. The highest BCUT2D eigenvalue weighted by Crippen LogP contribution is 2.50. The van der Waals surface area contributed by atoms with Gasteiger partial charge in [0.05, 0.1) is 5.92 Å². The Kier molecular flexibility index (Phi) is 7.04. The second kappa shape index (κ2) is 9.65. The summed E-state index contributed by atoms with van der Waals surface area (Å²) < 4.78 is 5.52. The maximum atomic E-state index is 12.5. The van der Waals surface area contributed by atoms with Gasteiger partial charge in [-0.05, 0) is 89.8 Å². The van der Waals surface area contributed by atoms with Crippen LogP contribution in [0.4, 0.5) is 4.79 Å². The molecule has 1 spiro atoms. The molecule has 0 aromatic carbocycles. The summed E-state index contributed by atoms with van der Waals surface area (Å²) in [6.45, 7) is 9.55. The number of carbonyl (C=O) groups excluding carboxylic acids is 1. The molecular weight excluding hydrogens is 416 g/mol. The van der Waals surface area contributed by atoms with Gasteiger partial charge in [-0.15, -0.1) is 0 Å². The molecule has 4 atom stereocenters. The molecule has 4 aliphatic rings. The van der Waals surface area contributed by atoms with Gasteiger partial charge < -0.3 is 19.6 Å². The van der Waals surface area contributed by atoms with E-state index < -0.39 is 17.5 Å². The lowest BCUT2D eigenvalue weighted by atomic mass is 9.67.